The number of carbonyl (C=O) groups excluding carboxylic acids is 2. The lowest BCUT2D eigenvalue weighted by Gasteiger charge is -2.02. The molecule has 0 spiro atoms. The molecule has 0 aromatic rings. The summed E-state index contributed by atoms with van der Waals surface area (Å²) in [7, 11) is 0. The summed E-state index contributed by atoms with van der Waals surface area (Å²) in [4.78, 5) is 24.5. The Morgan fingerprint density at radius 1 is 1.57 bits per heavy atom. The highest BCUT2D eigenvalue weighted by Crippen LogP contribution is 2.01. The number of hydrogen-bond acceptors (Lipinski definition) is 4. The number of ether oxygens (including phenoxy) is 1. The summed E-state index contributed by atoms with van der Waals surface area (Å²) in [6, 6.07) is -0.951. The van der Waals surface area contributed by atoms with E-state index >= 15 is 0 Å². The maximum atomic E-state index is 11.1. The third-order valence-corrected chi connectivity index (χ3v) is 1.21. The number of nitrogens with zero attached hydrogens (tertiary/aromatic N) is 1. The molecule has 0 aromatic carbocycles. The molecular formula is C8H12N2O4. The first kappa shape index (κ1) is 12.2. The Kier molecular flexibility index (Phi) is 4.98. The number of aliphatic hydroxyl groups excluding tert-OH is 1. The quantitative estimate of drug-likeness (QED) is 0.300. The van der Waals surface area contributed by atoms with E-state index in [4.69, 9.17) is 10.8 Å². The van der Waals surface area contributed by atoms with Crippen LogP contribution in [0.3, 0.4) is 0 Å². The Morgan fingerprint density at radius 3 is 2.50 bits per heavy atom. The lowest BCUT2D eigenvalue weighted by Crippen LogP contribution is -2.12. The fraction of sp³-hybridized carbons (Fsp3) is 0.375. The van der Waals surface area contributed by atoms with Gasteiger partial charge >= 0.3 is 12.0 Å². The van der Waals surface area contributed by atoms with Gasteiger partial charge in [0.25, 0.3) is 0 Å². The second-order valence-electron chi connectivity index (χ2n) is 2.32. The topological polar surface area (TPSA) is 102 Å². The second-order valence-corrected chi connectivity index (χ2v) is 2.32. The van der Waals surface area contributed by atoms with Crippen LogP contribution in [-0.4, -0.2) is 29.9 Å². The second kappa shape index (κ2) is 5.74. The molecule has 0 aromatic heterocycles. The normalized spacial score (nSPS) is 12.4. The minimum Gasteiger partial charge on any atom is -0.512 e. The number of esters is 1. The molecule has 2 amide bonds. The summed E-state index contributed by atoms with van der Waals surface area (Å²) >= 11 is 0. The first-order valence-corrected chi connectivity index (χ1v) is 3.89. The van der Waals surface area contributed by atoms with Gasteiger partial charge < -0.3 is 15.6 Å². The van der Waals surface area contributed by atoms with Gasteiger partial charge in [0.2, 0.25) is 0 Å². The minimum absolute atomic E-state index is 0.167. The predicted molar refractivity (Wildman–Crippen MR) is 50.0 cm³/mol. The number of aliphatic hydroxyl groups is 1. The third kappa shape index (κ3) is 4.24. The van der Waals surface area contributed by atoms with Crippen molar-refractivity contribution in [2.45, 2.75) is 13.8 Å². The summed E-state index contributed by atoms with van der Waals surface area (Å²) in [6.07, 6.45) is 0.871. The average Bonchev–Trinajstić information content (AvgIpc) is 2.03. The van der Waals surface area contributed by atoms with Gasteiger partial charge in [0.15, 0.2) is 0 Å². The van der Waals surface area contributed by atoms with Crippen molar-refractivity contribution < 1.29 is 19.4 Å². The first-order chi connectivity index (χ1) is 6.49. The zero-order valence-corrected chi connectivity index (χ0v) is 7.98. The Balaban J connectivity index is 4.73. The van der Waals surface area contributed by atoms with Crippen molar-refractivity contribution >= 4 is 18.2 Å². The molecule has 6 nitrogen and oxygen atoms in total. The highest BCUT2D eigenvalue weighted by Gasteiger charge is 2.11. The highest BCUT2D eigenvalue weighted by atomic mass is 16.5. The minimum atomic E-state index is -0.951. The number of rotatable bonds is 3. The van der Waals surface area contributed by atoms with Crippen molar-refractivity contribution in [1.29, 1.82) is 0 Å². The van der Waals surface area contributed by atoms with Crippen molar-refractivity contribution in [3.8, 4) is 0 Å². The Bertz CT molecular complexity index is 290. The zero-order valence-electron chi connectivity index (χ0n) is 7.98. The molecule has 0 bridgehead atoms. The number of urea groups is 1. The Hall–Kier alpha value is -1.85. The zero-order chi connectivity index (χ0) is 11.1. The molecule has 0 fully saturated rings. The maximum Gasteiger partial charge on any atom is 0.343 e. The molecule has 0 heterocycles. The first-order valence-electron chi connectivity index (χ1n) is 3.89. The summed E-state index contributed by atoms with van der Waals surface area (Å²) < 4.78 is 4.60. The van der Waals surface area contributed by atoms with Crippen molar-refractivity contribution in [1.82, 2.24) is 0 Å². The molecule has 0 radical (unpaired) electrons. The predicted octanol–water partition coefficient (Wildman–Crippen LogP) is 0.531. The van der Waals surface area contributed by atoms with E-state index in [1.807, 2.05) is 0 Å². The van der Waals surface area contributed by atoms with Crippen LogP contribution in [0, 0.1) is 0 Å². The number of allylic oxidation sites excluding steroid dienone is 1. The number of carbonyl (C=O) groups is 2. The van der Waals surface area contributed by atoms with Gasteiger partial charge in [-0.2, -0.15) is 0 Å². The van der Waals surface area contributed by atoms with Crippen LogP contribution in [0.25, 0.3) is 0 Å². The van der Waals surface area contributed by atoms with E-state index in [1.54, 1.807) is 6.92 Å². The van der Waals surface area contributed by atoms with E-state index in [0.29, 0.717) is 0 Å². The SMILES string of the molecule is CCOC(=O)C(/C=N/C(N)=O)=C(\C)O. The van der Waals surface area contributed by atoms with E-state index in [-0.39, 0.29) is 17.9 Å². The summed E-state index contributed by atoms with van der Waals surface area (Å²) in [5.74, 6) is -1.04. The summed E-state index contributed by atoms with van der Waals surface area (Å²) in [5.41, 5.74) is 4.53. The third-order valence-electron chi connectivity index (χ3n) is 1.21. The molecule has 0 saturated heterocycles. The number of nitrogens with two attached hydrogens (primary N) is 1. The fourth-order valence-electron chi connectivity index (χ4n) is 0.631. The lowest BCUT2D eigenvalue weighted by molar-refractivity contribution is -0.138. The Morgan fingerprint density at radius 2 is 2.14 bits per heavy atom. The van der Waals surface area contributed by atoms with Gasteiger partial charge in [-0.1, -0.05) is 0 Å². The number of hydrogen-bond donors (Lipinski definition) is 2. The molecule has 0 aliphatic rings. The number of primary amides is 1. The van der Waals surface area contributed by atoms with Crippen molar-refractivity contribution in [3.05, 3.63) is 11.3 Å². The van der Waals surface area contributed by atoms with Crippen molar-refractivity contribution in [2.24, 2.45) is 10.7 Å². The van der Waals surface area contributed by atoms with Gasteiger partial charge in [-0.05, 0) is 13.8 Å². The van der Waals surface area contributed by atoms with Crippen LogP contribution in [-0.2, 0) is 9.53 Å². The largest absolute Gasteiger partial charge is 0.512 e. The van der Waals surface area contributed by atoms with Gasteiger partial charge in [0.1, 0.15) is 11.3 Å². The van der Waals surface area contributed by atoms with Crippen molar-refractivity contribution in [3.63, 3.8) is 0 Å². The van der Waals surface area contributed by atoms with Crippen LogP contribution in [0.4, 0.5) is 4.79 Å². The smallest absolute Gasteiger partial charge is 0.343 e. The van der Waals surface area contributed by atoms with Crippen LogP contribution in [0.1, 0.15) is 13.8 Å². The van der Waals surface area contributed by atoms with Crippen molar-refractivity contribution in [2.75, 3.05) is 6.61 Å². The van der Waals surface area contributed by atoms with Gasteiger partial charge in [0, 0.05) is 0 Å². The summed E-state index contributed by atoms with van der Waals surface area (Å²) in [5, 5.41) is 9.06. The monoisotopic (exact) mass is 200 g/mol. The maximum absolute atomic E-state index is 11.1. The average molecular weight is 200 g/mol. The van der Waals surface area contributed by atoms with E-state index in [0.717, 1.165) is 6.21 Å². The lowest BCUT2D eigenvalue weighted by atomic mass is 10.2. The molecule has 0 atom stereocenters. The highest BCUT2D eigenvalue weighted by molar-refractivity contribution is 6.11. The van der Waals surface area contributed by atoms with Crippen LogP contribution in [0.5, 0.6) is 0 Å². The molecule has 3 N–H and O–H groups in total. The molecule has 0 aliphatic heterocycles. The van der Waals surface area contributed by atoms with E-state index in [9.17, 15) is 9.59 Å². The number of amides is 2. The fourth-order valence-corrected chi connectivity index (χ4v) is 0.631. The van der Waals surface area contributed by atoms with Crippen LogP contribution in [0.15, 0.2) is 16.3 Å². The molecule has 0 rings (SSSR count). The number of aliphatic imine (C=N–C) groups is 1. The van der Waals surface area contributed by atoms with Gasteiger partial charge in [-0.15, -0.1) is 0 Å². The van der Waals surface area contributed by atoms with Gasteiger partial charge in [0.05, 0.1) is 12.8 Å². The van der Waals surface area contributed by atoms with E-state index < -0.39 is 12.0 Å². The molecule has 78 valence electrons. The molecule has 6 heteroatoms. The van der Waals surface area contributed by atoms with Gasteiger partial charge in [-0.3, -0.25) is 0 Å². The summed E-state index contributed by atoms with van der Waals surface area (Å²) in [6.45, 7) is 3.06. The molecular weight excluding hydrogens is 188 g/mol. The molecule has 0 aliphatic carbocycles. The van der Waals surface area contributed by atoms with E-state index in [1.165, 1.54) is 6.92 Å². The van der Waals surface area contributed by atoms with E-state index in [2.05, 4.69) is 9.73 Å². The molecule has 0 saturated carbocycles. The molecule has 14 heavy (non-hydrogen) atoms. The van der Waals surface area contributed by atoms with Crippen LogP contribution in [0.2, 0.25) is 0 Å². The van der Waals surface area contributed by atoms with Crippen LogP contribution >= 0.6 is 0 Å². The Labute approximate surface area is 81.1 Å². The molecule has 0 unspecified atom stereocenters. The van der Waals surface area contributed by atoms with Gasteiger partial charge in [-0.25, -0.2) is 14.6 Å². The van der Waals surface area contributed by atoms with Crippen LogP contribution < -0.4 is 5.73 Å². The standard InChI is InChI=1S/C8H12N2O4/c1-3-14-7(12)6(5(2)11)4-10-8(9)13/h4,11H,3H2,1-2H3,(H2,9,13)/b6-5+,10-4+.